The quantitative estimate of drug-likeness (QED) is 0.198. The SMILES string of the molecule is CCOC(=O)C1=C(COC(=O)CNS(=O)(=O)c2ccc(NC)c([N+](=O)[O-])c2)NC(=O)NC1. The lowest BCUT2D eigenvalue weighted by atomic mass is 10.2. The molecule has 1 aliphatic heterocycles. The molecular formula is C17H21N5O9S. The van der Waals surface area contributed by atoms with Crippen LogP contribution in [0.5, 0.6) is 0 Å². The van der Waals surface area contributed by atoms with E-state index in [1.54, 1.807) is 6.92 Å². The minimum absolute atomic E-state index is 0.00156. The predicted octanol–water partition coefficient (Wildman–Crippen LogP) is -0.412. The van der Waals surface area contributed by atoms with Crippen molar-refractivity contribution in [1.82, 2.24) is 15.4 Å². The molecule has 15 heteroatoms. The second-order valence-corrected chi connectivity index (χ2v) is 7.92. The number of nitro groups is 1. The van der Waals surface area contributed by atoms with E-state index in [1.807, 2.05) is 4.72 Å². The zero-order valence-electron chi connectivity index (χ0n) is 17.1. The summed E-state index contributed by atoms with van der Waals surface area (Å²) in [5.41, 5.74) is -0.292. The van der Waals surface area contributed by atoms with E-state index in [1.165, 1.54) is 13.1 Å². The fourth-order valence-electron chi connectivity index (χ4n) is 2.55. The summed E-state index contributed by atoms with van der Waals surface area (Å²) >= 11 is 0. The highest BCUT2D eigenvalue weighted by atomic mass is 32.2. The first kappa shape index (κ1) is 24.5. The van der Waals surface area contributed by atoms with Crippen molar-refractivity contribution < 1.29 is 37.2 Å². The summed E-state index contributed by atoms with van der Waals surface area (Å²) in [6.45, 7) is 0.257. The number of rotatable bonds is 10. The van der Waals surface area contributed by atoms with Crippen LogP contribution in [0.1, 0.15) is 6.92 Å². The number of nitrogens with zero attached hydrogens (tertiary/aromatic N) is 1. The molecule has 0 aromatic heterocycles. The molecule has 1 aliphatic rings. The van der Waals surface area contributed by atoms with E-state index in [9.17, 15) is 32.9 Å². The summed E-state index contributed by atoms with van der Waals surface area (Å²) in [4.78, 5) is 45.3. The molecule has 174 valence electrons. The minimum Gasteiger partial charge on any atom is -0.463 e. The number of ether oxygens (including phenoxy) is 2. The highest BCUT2D eigenvalue weighted by Gasteiger charge is 2.25. The van der Waals surface area contributed by atoms with Gasteiger partial charge in [-0.3, -0.25) is 14.9 Å². The van der Waals surface area contributed by atoms with Gasteiger partial charge in [0.15, 0.2) is 0 Å². The van der Waals surface area contributed by atoms with E-state index in [2.05, 4.69) is 16.0 Å². The molecule has 14 nitrogen and oxygen atoms in total. The topological polar surface area (TPSA) is 195 Å². The van der Waals surface area contributed by atoms with Gasteiger partial charge in [-0.15, -0.1) is 0 Å². The molecule has 1 heterocycles. The molecule has 0 saturated carbocycles. The number of nitro benzene ring substituents is 1. The Morgan fingerprint density at radius 2 is 2.00 bits per heavy atom. The number of urea groups is 1. The van der Waals surface area contributed by atoms with Crippen molar-refractivity contribution in [2.24, 2.45) is 0 Å². The number of sulfonamides is 1. The van der Waals surface area contributed by atoms with Gasteiger partial charge in [-0.05, 0) is 19.1 Å². The number of hydrogen-bond acceptors (Lipinski definition) is 10. The Morgan fingerprint density at radius 3 is 2.62 bits per heavy atom. The molecule has 0 aliphatic carbocycles. The van der Waals surface area contributed by atoms with Gasteiger partial charge >= 0.3 is 18.0 Å². The maximum absolute atomic E-state index is 12.4. The second-order valence-electron chi connectivity index (χ2n) is 6.16. The molecule has 0 unspecified atom stereocenters. The summed E-state index contributed by atoms with van der Waals surface area (Å²) in [5, 5.41) is 18.4. The Bertz CT molecular complexity index is 1070. The lowest BCUT2D eigenvalue weighted by Crippen LogP contribution is -2.45. The van der Waals surface area contributed by atoms with Crippen LogP contribution in [0.2, 0.25) is 0 Å². The number of anilines is 1. The molecule has 0 saturated heterocycles. The van der Waals surface area contributed by atoms with Gasteiger partial charge in [0, 0.05) is 13.1 Å². The van der Waals surface area contributed by atoms with Gasteiger partial charge in [0.25, 0.3) is 5.69 Å². The largest absolute Gasteiger partial charge is 0.463 e. The molecule has 1 aromatic rings. The molecule has 32 heavy (non-hydrogen) atoms. The standard InChI is InChI=1S/C17H21N5O9S/c1-3-30-16(24)11-7-19-17(25)21-13(11)9-31-15(23)8-20-32(28,29)10-4-5-12(18-2)14(6-10)22(26)27/h4-6,18,20H,3,7-9H2,1-2H3,(H2,19,21,25). The van der Waals surface area contributed by atoms with Crippen LogP contribution < -0.4 is 20.7 Å². The Hall–Kier alpha value is -3.72. The zero-order valence-corrected chi connectivity index (χ0v) is 17.9. The first-order valence-corrected chi connectivity index (χ1v) is 10.6. The van der Waals surface area contributed by atoms with E-state index in [-0.39, 0.29) is 30.1 Å². The van der Waals surface area contributed by atoms with E-state index in [0.29, 0.717) is 0 Å². The fourth-order valence-corrected chi connectivity index (χ4v) is 3.54. The number of hydrogen-bond donors (Lipinski definition) is 4. The summed E-state index contributed by atoms with van der Waals surface area (Å²) < 4.78 is 36.5. The van der Waals surface area contributed by atoms with Crippen LogP contribution in [-0.4, -0.2) is 64.7 Å². The molecule has 0 atom stereocenters. The monoisotopic (exact) mass is 471 g/mol. The summed E-state index contributed by atoms with van der Waals surface area (Å²) in [6.07, 6.45) is 0. The number of amides is 2. The van der Waals surface area contributed by atoms with Crippen molar-refractivity contribution in [3.8, 4) is 0 Å². The third-order valence-corrected chi connectivity index (χ3v) is 5.50. The minimum atomic E-state index is -4.27. The molecule has 0 fully saturated rings. The Balaban J connectivity index is 2.04. The lowest BCUT2D eigenvalue weighted by Gasteiger charge is -2.21. The first-order valence-electron chi connectivity index (χ1n) is 9.14. The van der Waals surface area contributed by atoms with Crippen LogP contribution in [0.15, 0.2) is 34.4 Å². The highest BCUT2D eigenvalue weighted by Crippen LogP contribution is 2.26. The third kappa shape index (κ3) is 6.14. The van der Waals surface area contributed by atoms with Crippen molar-refractivity contribution in [3.63, 3.8) is 0 Å². The zero-order chi connectivity index (χ0) is 23.9. The summed E-state index contributed by atoms with van der Waals surface area (Å²) in [7, 11) is -2.83. The Labute approximate surface area is 182 Å². The lowest BCUT2D eigenvalue weighted by molar-refractivity contribution is -0.384. The van der Waals surface area contributed by atoms with E-state index in [4.69, 9.17) is 9.47 Å². The van der Waals surface area contributed by atoms with Crippen molar-refractivity contribution >= 4 is 39.4 Å². The summed E-state index contributed by atoms with van der Waals surface area (Å²) in [5.74, 6) is -1.73. The highest BCUT2D eigenvalue weighted by molar-refractivity contribution is 7.89. The molecule has 1 aromatic carbocycles. The van der Waals surface area contributed by atoms with Crippen molar-refractivity contribution in [2.75, 3.05) is 38.7 Å². The number of carbonyl (C=O) groups excluding carboxylic acids is 3. The molecule has 0 bridgehead atoms. The van der Waals surface area contributed by atoms with E-state index in [0.717, 1.165) is 12.1 Å². The smallest absolute Gasteiger partial charge is 0.337 e. The van der Waals surface area contributed by atoms with Crippen LogP contribution in [0.25, 0.3) is 0 Å². The molecular weight excluding hydrogens is 450 g/mol. The molecule has 4 N–H and O–H groups in total. The van der Waals surface area contributed by atoms with Gasteiger partial charge in [0.1, 0.15) is 18.8 Å². The van der Waals surface area contributed by atoms with E-state index < -0.39 is 56.7 Å². The van der Waals surface area contributed by atoms with Gasteiger partial charge in [0.05, 0.1) is 34.2 Å². The van der Waals surface area contributed by atoms with Crippen molar-refractivity contribution in [2.45, 2.75) is 11.8 Å². The van der Waals surface area contributed by atoms with Crippen molar-refractivity contribution in [3.05, 3.63) is 39.6 Å². The van der Waals surface area contributed by atoms with Gasteiger partial charge < -0.3 is 25.4 Å². The van der Waals surface area contributed by atoms with Gasteiger partial charge in [0.2, 0.25) is 10.0 Å². The maximum atomic E-state index is 12.4. The van der Waals surface area contributed by atoms with Crippen LogP contribution in [-0.2, 0) is 29.1 Å². The number of carbonyl (C=O) groups is 3. The van der Waals surface area contributed by atoms with Crippen LogP contribution in [0.4, 0.5) is 16.2 Å². The number of benzene rings is 1. The van der Waals surface area contributed by atoms with Gasteiger partial charge in [-0.1, -0.05) is 0 Å². The van der Waals surface area contributed by atoms with E-state index >= 15 is 0 Å². The maximum Gasteiger partial charge on any atom is 0.337 e. The fraction of sp³-hybridized carbons (Fsp3) is 0.353. The molecule has 2 amide bonds. The van der Waals surface area contributed by atoms with Gasteiger partial charge in [-0.25, -0.2) is 18.0 Å². The number of nitrogens with one attached hydrogen (secondary N) is 4. The molecule has 2 rings (SSSR count). The van der Waals surface area contributed by atoms with Crippen LogP contribution in [0, 0.1) is 10.1 Å². The average Bonchev–Trinajstić information content (AvgIpc) is 2.75. The average molecular weight is 471 g/mol. The van der Waals surface area contributed by atoms with Crippen molar-refractivity contribution in [1.29, 1.82) is 0 Å². The summed E-state index contributed by atoms with van der Waals surface area (Å²) in [6, 6.07) is 2.58. The first-order chi connectivity index (χ1) is 15.1. The number of esters is 2. The second kappa shape index (κ2) is 10.5. The van der Waals surface area contributed by atoms with Crippen LogP contribution in [0.3, 0.4) is 0 Å². The normalized spacial score (nSPS) is 13.6. The molecule has 0 radical (unpaired) electrons. The van der Waals surface area contributed by atoms with Gasteiger partial charge in [-0.2, -0.15) is 4.72 Å². The predicted molar refractivity (Wildman–Crippen MR) is 109 cm³/mol. The third-order valence-electron chi connectivity index (χ3n) is 4.11. The Kier molecular flexibility index (Phi) is 8.09. The molecule has 0 spiro atoms. The Morgan fingerprint density at radius 1 is 1.28 bits per heavy atom. The van der Waals surface area contributed by atoms with Crippen LogP contribution >= 0.6 is 0 Å².